The van der Waals surface area contributed by atoms with Gasteiger partial charge in [-0.05, 0) is 31.7 Å². The van der Waals surface area contributed by atoms with E-state index in [2.05, 4.69) is 17.4 Å². The van der Waals surface area contributed by atoms with Crippen LogP contribution in [0.4, 0.5) is 0 Å². The Hall–Kier alpha value is -1.61. The Bertz CT molecular complexity index is 373. The van der Waals surface area contributed by atoms with Gasteiger partial charge in [0.25, 0.3) is 0 Å². The molecule has 0 aromatic heterocycles. The van der Waals surface area contributed by atoms with Gasteiger partial charge in [0, 0.05) is 6.54 Å². The van der Waals surface area contributed by atoms with Crippen molar-refractivity contribution in [3.8, 4) is 0 Å². The molecule has 1 aromatic rings. The third-order valence-corrected chi connectivity index (χ3v) is 2.77. The number of amides is 1. The molecular weight excluding hydrogens is 224 g/mol. The minimum Gasteiger partial charge on any atom is -0.354 e. The molecule has 3 N–H and O–H groups in total. The zero-order valence-corrected chi connectivity index (χ0v) is 10.9. The van der Waals surface area contributed by atoms with Gasteiger partial charge in [-0.15, -0.1) is 0 Å². The number of benzene rings is 1. The Kier molecular flexibility index (Phi) is 6.81. The monoisotopic (exact) mass is 246 g/mol. The van der Waals surface area contributed by atoms with Crippen LogP contribution >= 0.6 is 0 Å². The lowest BCUT2D eigenvalue weighted by Gasteiger charge is -2.11. The fourth-order valence-electron chi connectivity index (χ4n) is 1.67. The summed E-state index contributed by atoms with van der Waals surface area (Å²) in [5, 5.41) is 2.84. The van der Waals surface area contributed by atoms with Gasteiger partial charge in [-0.1, -0.05) is 42.5 Å². The summed E-state index contributed by atoms with van der Waals surface area (Å²) in [5.41, 5.74) is 7.07. The molecule has 0 aliphatic carbocycles. The number of rotatable bonds is 7. The largest absolute Gasteiger partial charge is 0.354 e. The Morgan fingerprint density at radius 3 is 2.78 bits per heavy atom. The van der Waals surface area contributed by atoms with E-state index in [0.29, 0.717) is 13.0 Å². The number of allylic oxidation sites excluding steroid dienone is 1. The van der Waals surface area contributed by atoms with Gasteiger partial charge in [0.05, 0.1) is 6.04 Å². The molecule has 0 unspecified atom stereocenters. The van der Waals surface area contributed by atoms with Crippen molar-refractivity contribution in [2.75, 3.05) is 6.54 Å². The predicted molar refractivity (Wildman–Crippen MR) is 75.2 cm³/mol. The number of hydrogen-bond donors (Lipinski definition) is 2. The summed E-state index contributed by atoms with van der Waals surface area (Å²) in [7, 11) is 0. The highest BCUT2D eigenvalue weighted by molar-refractivity contribution is 5.81. The minimum absolute atomic E-state index is 0.0598. The van der Waals surface area contributed by atoms with Gasteiger partial charge in [0.15, 0.2) is 0 Å². The molecule has 18 heavy (non-hydrogen) atoms. The smallest absolute Gasteiger partial charge is 0.236 e. The molecule has 0 saturated carbocycles. The maximum Gasteiger partial charge on any atom is 0.236 e. The quantitative estimate of drug-likeness (QED) is 0.571. The predicted octanol–water partition coefficient (Wildman–Crippen LogP) is 2.03. The maximum atomic E-state index is 11.7. The summed E-state index contributed by atoms with van der Waals surface area (Å²) in [6.07, 6.45) is 6.37. The summed E-state index contributed by atoms with van der Waals surface area (Å²) < 4.78 is 0. The molecule has 1 rings (SSSR count). The highest BCUT2D eigenvalue weighted by atomic mass is 16.2. The summed E-state index contributed by atoms with van der Waals surface area (Å²) in [5.74, 6) is -0.0598. The molecule has 0 heterocycles. The van der Waals surface area contributed by atoms with E-state index in [1.165, 1.54) is 5.56 Å². The molecule has 0 saturated heterocycles. The number of nitrogens with one attached hydrogen (secondary N) is 1. The van der Waals surface area contributed by atoms with Gasteiger partial charge >= 0.3 is 0 Å². The van der Waals surface area contributed by atoms with E-state index in [0.717, 1.165) is 12.8 Å². The van der Waals surface area contributed by atoms with E-state index < -0.39 is 6.04 Å². The molecule has 0 radical (unpaired) electrons. The molecule has 1 aromatic carbocycles. The average Bonchev–Trinajstić information content (AvgIpc) is 2.42. The van der Waals surface area contributed by atoms with E-state index in [1.54, 1.807) is 0 Å². The minimum atomic E-state index is -0.421. The van der Waals surface area contributed by atoms with Crippen LogP contribution in [-0.4, -0.2) is 18.5 Å². The Morgan fingerprint density at radius 2 is 2.11 bits per heavy atom. The van der Waals surface area contributed by atoms with E-state index in [-0.39, 0.29) is 5.91 Å². The van der Waals surface area contributed by atoms with E-state index in [9.17, 15) is 4.79 Å². The molecule has 3 nitrogen and oxygen atoms in total. The molecular formula is C15H22N2O. The van der Waals surface area contributed by atoms with Crippen LogP contribution in [0.5, 0.6) is 0 Å². The van der Waals surface area contributed by atoms with E-state index >= 15 is 0 Å². The second-order valence-corrected chi connectivity index (χ2v) is 4.28. The normalized spacial score (nSPS) is 12.6. The fourth-order valence-corrected chi connectivity index (χ4v) is 1.67. The lowest BCUT2D eigenvalue weighted by Crippen LogP contribution is -2.41. The fraction of sp³-hybridized carbons (Fsp3) is 0.400. The van der Waals surface area contributed by atoms with E-state index in [4.69, 9.17) is 5.73 Å². The Balaban J connectivity index is 2.23. The summed E-state index contributed by atoms with van der Waals surface area (Å²) in [4.78, 5) is 11.7. The lowest BCUT2D eigenvalue weighted by atomic mass is 10.1. The first kappa shape index (κ1) is 14.5. The molecule has 1 atom stereocenters. The first-order valence-corrected chi connectivity index (χ1v) is 6.42. The SMILES string of the molecule is C/C=C/CCNC(=O)[C@@H](N)CCc1ccccc1. The average molecular weight is 246 g/mol. The van der Waals surface area contributed by atoms with Gasteiger partial charge in [0.2, 0.25) is 5.91 Å². The first-order chi connectivity index (χ1) is 8.74. The number of nitrogens with two attached hydrogens (primary N) is 1. The van der Waals surface area contributed by atoms with Gasteiger partial charge in [-0.2, -0.15) is 0 Å². The molecule has 3 heteroatoms. The highest BCUT2D eigenvalue weighted by Crippen LogP contribution is 2.04. The summed E-state index contributed by atoms with van der Waals surface area (Å²) >= 11 is 0. The second-order valence-electron chi connectivity index (χ2n) is 4.28. The van der Waals surface area contributed by atoms with Crippen molar-refractivity contribution in [3.63, 3.8) is 0 Å². The molecule has 0 fully saturated rings. The van der Waals surface area contributed by atoms with Crippen molar-refractivity contribution in [2.24, 2.45) is 5.73 Å². The molecule has 0 aliphatic rings. The first-order valence-electron chi connectivity index (χ1n) is 6.42. The van der Waals surface area contributed by atoms with Crippen LogP contribution in [0.3, 0.4) is 0 Å². The maximum absolute atomic E-state index is 11.7. The molecule has 98 valence electrons. The Morgan fingerprint density at radius 1 is 1.39 bits per heavy atom. The third kappa shape index (κ3) is 5.64. The van der Waals surface area contributed by atoms with Gasteiger partial charge in [-0.3, -0.25) is 4.79 Å². The van der Waals surface area contributed by atoms with Gasteiger partial charge < -0.3 is 11.1 Å². The van der Waals surface area contributed by atoms with Crippen molar-refractivity contribution >= 4 is 5.91 Å². The van der Waals surface area contributed by atoms with Gasteiger partial charge in [0.1, 0.15) is 0 Å². The van der Waals surface area contributed by atoms with Crippen LogP contribution in [0.2, 0.25) is 0 Å². The molecule has 0 spiro atoms. The highest BCUT2D eigenvalue weighted by Gasteiger charge is 2.12. The molecule has 1 amide bonds. The van der Waals surface area contributed by atoms with Crippen molar-refractivity contribution in [1.29, 1.82) is 0 Å². The van der Waals surface area contributed by atoms with Crippen molar-refractivity contribution in [2.45, 2.75) is 32.2 Å². The number of hydrogen-bond acceptors (Lipinski definition) is 2. The number of carbonyl (C=O) groups is 1. The van der Waals surface area contributed by atoms with Crippen LogP contribution in [0.15, 0.2) is 42.5 Å². The standard InChI is InChI=1S/C15H22N2O/c1-2-3-7-12-17-15(18)14(16)11-10-13-8-5-4-6-9-13/h2-6,8-9,14H,7,10-12,16H2,1H3,(H,17,18)/b3-2+/t14-/m0/s1. The van der Waals surface area contributed by atoms with Crippen LogP contribution in [-0.2, 0) is 11.2 Å². The number of aryl methyl sites for hydroxylation is 1. The van der Waals surface area contributed by atoms with Crippen LogP contribution in [0.1, 0.15) is 25.3 Å². The van der Waals surface area contributed by atoms with Crippen LogP contribution in [0.25, 0.3) is 0 Å². The van der Waals surface area contributed by atoms with E-state index in [1.807, 2.05) is 37.3 Å². The third-order valence-electron chi connectivity index (χ3n) is 2.77. The summed E-state index contributed by atoms with van der Waals surface area (Å²) in [6, 6.07) is 9.66. The topological polar surface area (TPSA) is 55.1 Å². The number of carbonyl (C=O) groups excluding carboxylic acids is 1. The summed E-state index contributed by atoms with van der Waals surface area (Å²) in [6.45, 7) is 2.62. The van der Waals surface area contributed by atoms with Crippen molar-refractivity contribution in [3.05, 3.63) is 48.0 Å². The van der Waals surface area contributed by atoms with Crippen molar-refractivity contribution in [1.82, 2.24) is 5.32 Å². The van der Waals surface area contributed by atoms with Crippen LogP contribution < -0.4 is 11.1 Å². The lowest BCUT2D eigenvalue weighted by molar-refractivity contribution is -0.122. The van der Waals surface area contributed by atoms with Gasteiger partial charge in [-0.25, -0.2) is 0 Å². The second kappa shape index (κ2) is 8.48. The van der Waals surface area contributed by atoms with Crippen molar-refractivity contribution < 1.29 is 4.79 Å². The zero-order chi connectivity index (χ0) is 13.2. The molecule has 0 bridgehead atoms. The van der Waals surface area contributed by atoms with Crippen LogP contribution in [0, 0.1) is 0 Å². The Labute approximate surface area is 109 Å². The molecule has 0 aliphatic heterocycles. The zero-order valence-electron chi connectivity index (χ0n) is 10.9.